The lowest BCUT2D eigenvalue weighted by atomic mass is 10.2. The summed E-state index contributed by atoms with van der Waals surface area (Å²) in [6, 6.07) is 8.54. The minimum Gasteiger partial charge on any atom is -0.337 e. The Morgan fingerprint density at radius 1 is 1.62 bits per heavy atom. The fourth-order valence-electron chi connectivity index (χ4n) is 1.03. The first-order chi connectivity index (χ1) is 7.61. The molecular weight excluding hydrogens is 226 g/mol. The van der Waals surface area contributed by atoms with Crippen LogP contribution >= 0.6 is 11.6 Å². The molecule has 1 atom stereocenters. The van der Waals surface area contributed by atoms with Crippen molar-refractivity contribution in [2.75, 3.05) is 11.9 Å². The van der Waals surface area contributed by atoms with Crippen LogP contribution in [0.1, 0.15) is 6.92 Å². The maximum absolute atomic E-state index is 11.4. The lowest BCUT2D eigenvalue weighted by Crippen LogP contribution is -2.31. The number of benzene rings is 1. The van der Waals surface area contributed by atoms with Crippen molar-refractivity contribution in [1.82, 2.24) is 5.32 Å². The van der Waals surface area contributed by atoms with Crippen molar-refractivity contribution in [2.45, 2.75) is 6.92 Å². The van der Waals surface area contributed by atoms with Gasteiger partial charge in [0.15, 0.2) is 0 Å². The molecule has 0 aliphatic heterocycles. The first-order valence-corrected chi connectivity index (χ1v) is 5.19. The van der Waals surface area contributed by atoms with Crippen molar-refractivity contribution >= 4 is 23.3 Å². The van der Waals surface area contributed by atoms with Crippen LogP contribution in [0.2, 0.25) is 5.02 Å². The third-order valence-electron chi connectivity index (χ3n) is 1.87. The van der Waals surface area contributed by atoms with E-state index in [2.05, 4.69) is 10.6 Å². The minimum absolute atomic E-state index is 0.204. The molecule has 0 aliphatic rings. The van der Waals surface area contributed by atoms with E-state index in [1.54, 1.807) is 31.2 Å². The Labute approximate surface area is 99.2 Å². The Balaban J connectivity index is 2.43. The van der Waals surface area contributed by atoms with Gasteiger partial charge in [-0.05, 0) is 25.1 Å². The molecule has 0 radical (unpaired) electrons. The molecule has 0 aromatic heterocycles. The van der Waals surface area contributed by atoms with Crippen LogP contribution in [0.3, 0.4) is 0 Å². The van der Waals surface area contributed by atoms with Crippen molar-refractivity contribution in [1.29, 1.82) is 5.26 Å². The van der Waals surface area contributed by atoms with E-state index in [4.69, 9.17) is 16.9 Å². The van der Waals surface area contributed by atoms with Gasteiger partial charge in [-0.25, -0.2) is 4.79 Å². The van der Waals surface area contributed by atoms with Crippen molar-refractivity contribution in [2.24, 2.45) is 5.92 Å². The SMILES string of the molecule is CC(C#N)CNC(=O)Nc1cccc(Cl)c1. The molecule has 0 saturated heterocycles. The van der Waals surface area contributed by atoms with Crippen LogP contribution < -0.4 is 10.6 Å². The molecule has 4 nitrogen and oxygen atoms in total. The molecule has 0 aliphatic carbocycles. The monoisotopic (exact) mass is 237 g/mol. The average molecular weight is 238 g/mol. The maximum Gasteiger partial charge on any atom is 0.319 e. The van der Waals surface area contributed by atoms with Crippen LogP contribution in [0.4, 0.5) is 10.5 Å². The zero-order valence-corrected chi connectivity index (χ0v) is 9.58. The molecule has 1 aromatic rings. The summed E-state index contributed by atoms with van der Waals surface area (Å²) >= 11 is 5.76. The van der Waals surface area contributed by atoms with Gasteiger partial charge in [0.25, 0.3) is 0 Å². The largest absolute Gasteiger partial charge is 0.337 e. The molecule has 0 heterocycles. The van der Waals surface area contributed by atoms with Gasteiger partial charge in [-0.3, -0.25) is 0 Å². The zero-order valence-electron chi connectivity index (χ0n) is 8.83. The molecule has 0 spiro atoms. The van der Waals surface area contributed by atoms with Crippen LogP contribution in [0.25, 0.3) is 0 Å². The topological polar surface area (TPSA) is 64.9 Å². The number of halogens is 1. The molecule has 2 amide bonds. The Kier molecular flexibility index (Phi) is 4.62. The average Bonchev–Trinajstić information content (AvgIpc) is 2.26. The summed E-state index contributed by atoms with van der Waals surface area (Å²) in [6.07, 6.45) is 0. The second kappa shape index (κ2) is 5.99. The smallest absolute Gasteiger partial charge is 0.319 e. The number of nitrogens with one attached hydrogen (secondary N) is 2. The molecule has 1 aromatic carbocycles. The van der Waals surface area contributed by atoms with Crippen molar-refractivity contribution in [3.63, 3.8) is 0 Å². The predicted molar refractivity (Wildman–Crippen MR) is 63.3 cm³/mol. The lowest BCUT2D eigenvalue weighted by molar-refractivity contribution is 0.251. The second-order valence-corrected chi connectivity index (χ2v) is 3.81. The number of carbonyl (C=O) groups is 1. The normalized spacial score (nSPS) is 11.3. The van der Waals surface area contributed by atoms with Gasteiger partial charge in [0.2, 0.25) is 0 Å². The highest BCUT2D eigenvalue weighted by atomic mass is 35.5. The fraction of sp³-hybridized carbons (Fsp3) is 0.273. The fourth-order valence-corrected chi connectivity index (χ4v) is 1.22. The first kappa shape index (κ1) is 12.3. The summed E-state index contributed by atoms with van der Waals surface area (Å²) < 4.78 is 0. The van der Waals surface area contributed by atoms with Gasteiger partial charge in [-0.15, -0.1) is 0 Å². The summed E-state index contributed by atoms with van der Waals surface area (Å²) in [5.41, 5.74) is 0.620. The Morgan fingerprint density at radius 3 is 3.00 bits per heavy atom. The van der Waals surface area contributed by atoms with Gasteiger partial charge in [0.1, 0.15) is 0 Å². The highest BCUT2D eigenvalue weighted by Gasteiger charge is 2.04. The summed E-state index contributed by atoms with van der Waals surface area (Å²) in [7, 11) is 0. The summed E-state index contributed by atoms with van der Waals surface area (Å²) in [5.74, 6) is -0.204. The van der Waals surface area contributed by atoms with E-state index in [0.717, 1.165) is 0 Å². The highest BCUT2D eigenvalue weighted by molar-refractivity contribution is 6.30. The standard InChI is InChI=1S/C11H12ClN3O/c1-8(6-13)7-14-11(16)15-10-4-2-3-9(12)5-10/h2-5,8H,7H2,1H3,(H2,14,15,16). The predicted octanol–water partition coefficient (Wildman–Crippen LogP) is 2.62. The van der Waals surface area contributed by atoms with E-state index in [9.17, 15) is 4.79 Å². The molecule has 0 fully saturated rings. The molecule has 2 N–H and O–H groups in total. The quantitative estimate of drug-likeness (QED) is 0.849. The number of hydrogen-bond donors (Lipinski definition) is 2. The number of nitrogens with zero attached hydrogens (tertiary/aromatic N) is 1. The van der Waals surface area contributed by atoms with Gasteiger partial charge in [-0.1, -0.05) is 17.7 Å². The third-order valence-corrected chi connectivity index (χ3v) is 2.11. The molecule has 0 bridgehead atoms. The molecule has 1 rings (SSSR count). The highest BCUT2D eigenvalue weighted by Crippen LogP contribution is 2.14. The summed E-state index contributed by atoms with van der Waals surface area (Å²) in [6.45, 7) is 2.06. The number of nitriles is 1. The van der Waals surface area contributed by atoms with Crippen LogP contribution in [0, 0.1) is 17.2 Å². The van der Waals surface area contributed by atoms with Gasteiger partial charge in [0.05, 0.1) is 12.0 Å². The van der Waals surface area contributed by atoms with E-state index in [0.29, 0.717) is 17.3 Å². The van der Waals surface area contributed by atoms with Crippen LogP contribution in [0.5, 0.6) is 0 Å². The van der Waals surface area contributed by atoms with E-state index in [1.165, 1.54) is 0 Å². The van der Waals surface area contributed by atoms with Gasteiger partial charge in [-0.2, -0.15) is 5.26 Å². The number of anilines is 1. The number of urea groups is 1. The van der Waals surface area contributed by atoms with Crippen LogP contribution in [0.15, 0.2) is 24.3 Å². The Morgan fingerprint density at radius 2 is 2.38 bits per heavy atom. The van der Waals surface area contributed by atoms with Crippen LogP contribution in [-0.2, 0) is 0 Å². The molecular formula is C11H12ClN3O. The van der Waals surface area contributed by atoms with Crippen LogP contribution in [-0.4, -0.2) is 12.6 Å². The van der Waals surface area contributed by atoms with E-state index >= 15 is 0 Å². The van der Waals surface area contributed by atoms with Crippen molar-refractivity contribution in [3.8, 4) is 6.07 Å². The molecule has 1 unspecified atom stereocenters. The number of carbonyl (C=O) groups excluding carboxylic acids is 1. The molecule has 0 saturated carbocycles. The maximum atomic E-state index is 11.4. The van der Waals surface area contributed by atoms with E-state index in [1.807, 2.05) is 6.07 Å². The molecule has 84 valence electrons. The zero-order chi connectivity index (χ0) is 12.0. The Hall–Kier alpha value is -1.73. The summed E-state index contributed by atoms with van der Waals surface area (Å²) in [4.78, 5) is 11.4. The number of hydrogen-bond acceptors (Lipinski definition) is 2. The minimum atomic E-state index is -0.343. The molecule has 5 heteroatoms. The lowest BCUT2D eigenvalue weighted by Gasteiger charge is -2.08. The van der Waals surface area contributed by atoms with Crippen molar-refractivity contribution < 1.29 is 4.79 Å². The summed E-state index contributed by atoms with van der Waals surface area (Å²) in [5, 5.41) is 14.3. The first-order valence-electron chi connectivity index (χ1n) is 4.82. The molecule has 16 heavy (non-hydrogen) atoms. The van der Waals surface area contributed by atoms with E-state index < -0.39 is 0 Å². The number of amides is 2. The van der Waals surface area contributed by atoms with E-state index in [-0.39, 0.29) is 11.9 Å². The third kappa shape index (κ3) is 4.20. The Bertz CT molecular complexity index is 414. The number of rotatable bonds is 3. The van der Waals surface area contributed by atoms with Gasteiger partial charge < -0.3 is 10.6 Å². The second-order valence-electron chi connectivity index (χ2n) is 3.38. The van der Waals surface area contributed by atoms with Gasteiger partial charge >= 0.3 is 6.03 Å². The van der Waals surface area contributed by atoms with Crippen molar-refractivity contribution in [3.05, 3.63) is 29.3 Å². The van der Waals surface area contributed by atoms with Gasteiger partial charge in [0, 0.05) is 17.3 Å².